The molecule has 2 aromatic heterocycles. The van der Waals surface area contributed by atoms with Crippen LogP contribution < -0.4 is 0 Å². The quantitative estimate of drug-likeness (QED) is 0.142. The highest BCUT2D eigenvalue weighted by molar-refractivity contribution is 6.14. The first kappa shape index (κ1) is 53.1. The molecule has 12 aromatic rings. The number of alkyl halides is 3. The molecule has 10 aromatic carbocycles. The number of rotatable bonds is 7. The molecule has 0 spiro atoms. The molecular weight excluding hydrogens is 1080 g/mol. The third-order valence-electron chi connectivity index (χ3n) is 15.2. The summed E-state index contributed by atoms with van der Waals surface area (Å²) in [5, 5.41) is 74.8. The molecule has 0 atom stereocenters. The van der Waals surface area contributed by atoms with Gasteiger partial charge in [0.25, 0.3) is 0 Å². The minimum atomic E-state index is -5.11. The number of fused-ring (bicyclic) bond motifs is 6. The van der Waals surface area contributed by atoms with Gasteiger partial charge in [-0.3, -0.25) is 0 Å². The zero-order chi connectivity index (χ0) is 60.1. The maximum atomic E-state index is 16.3. The molecule has 0 aliphatic heterocycles. The second-order valence-corrected chi connectivity index (χ2v) is 19.8. The lowest BCUT2D eigenvalue weighted by Crippen LogP contribution is -2.11. The van der Waals surface area contributed by atoms with E-state index in [2.05, 4.69) is 51.0 Å². The van der Waals surface area contributed by atoms with Crippen LogP contribution in [-0.4, -0.2) is 9.13 Å². The van der Waals surface area contributed by atoms with Gasteiger partial charge in [-0.05, 0) is 135 Å². The first-order valence-corrected chi connectivity index (χ1v) is 25.9. The number of hydrogen-bond acceptors (Lipinski definition) is 7. The van der Waals surface area contributed by atoms with Gasteiger partial charge in [-0.2, -0.15) is 50.0 Å². The fourth-order valence-electron chi connectivity index (χ4n) is 11.4. The molecule has 0 aliphatic carbocycles. The van der Waals surface area contributed by atoms with Crippen LogP contribution in [0.15, 0.2) is 176 Å². The topological polar surface area (TPSA) is 189 Å². The first-order chi connectivity index (χ1) is 41.8. The Morgan fingerprint density at radius 2 is 0.698 bits per heavy atom. The number of nitriles is 7. The van der Waals surface area contributed by atoms with Crippen LogP contribution in [0, 0.1) is 99.0 Å². The van der Waals surface area contributed by atoms with Crippen LogP contribution >= 0.6 is 0 Å². The second-order valence-electron chi connectivity index (χ2n) is 19.8. The lowest BCUT2D eigenvalue weighted by atomic mass is 9.92. The SMILES string of the molecule is [C-]#[N+]c1ccc(-c2ccc3c4ccc(-c5ccc(C#N)cc5C#N)cc4n(-c4cc(C#N)cc(-n5c6cc(-c7ccc([N+]#[C-])cc7C#N)ccc6c6ccc(-c7ccc(C#N)cc7[N+]#[C-])cc65)c4-c4ccc(C#N)cc4C(F)(F)F)c3c2)c(C#N)c1. The second kappa shape index (κ2) is 20.9. The van der Waals surface area contributed by atoms with Crippen LogP contribution in [0.2, 0.25) is 0 Å². The van der Waals surface area contributed by atoms with Crippen molar-refractivity contribution in [2.75, 3.05) is 0 Å². The van der Waals surface area contributed by atoms with Crippen LogP contribution in [0.25, 0.3) is 125 Å². The summed E-state index contributed by atoms with van der Waals surface area (Å²) in [7, 11) is 0. The van der Waals surface area contributed by atoms with E-state index >= 15 is 13.2 Å². The van der Waals surface area contributed by atoms with Gasteiger partial charge >= 0.3 is 6.18 Å². The largest absolute Gasteiger partial charge is 0.417 e. The van der Waals surface area contributed by atoms with E-state index in [4.69, 9.17) is 19.7 Å². The van der Waals surface area contributed by atoms with Gasteiger partial charge in [0.05, 0.1) is 123 Å². The summed E-state index contributed by atoms with van der Waals surface area (Å²) < 4.78 is 52.3. The summed E-state index contributed by atoms with van der Waals surface area (Å²) in [4.78, 5) is 10.8. The summed E-state index contributed by atoms with van der Waals surface area (Å²) in [6.45, 7) is 23.5. The van der Waals surface area contributed by atoms with Crippen LogP contribution in [0.1, 0.15) is 44.5 Å². The Balaban J connectivity index is 1.30. The lowest BCUT2D eigenvalue weighted by Gasteiger charge is -2.23. The zero-order valence-corrected chi connectivity index (χ0v) is 44.2. The zero-order valence-electron chi connectivity index (χ0n) is 44.2. The summed E-state index contributed by atoms with van der Waals surface area (Å²) in [6, 6.07) is 61.2. The molecule has 0 amide bonds. The standard InChI is InChI=1S/C71H29F3N12/c1-82-51-11-20-54(49(27-51)38-80)45-8-17-58-57-16-7-44(53-13-4-40(33-75)22-48(53)37-79)29-64(57)85(65(58)30-45)68-25-43(36-78)26-69(70(68)61-15-6-41(34-76)23-62(61)71(72,73)74)86-66-31-46(55-21-12-52(83-2)28-50(55)39-81)9-18-59(66)60-19-10-47(32-67(60)86)56-14-5-42(35-77)24-63(56)84-3/h4-32H. The molecule has 0 saturated carbocycles. The molecule has 0 bridgehead atoms. The number of nitrogens with zero attached hydrogens (tertiary/aromatic N) is 12. The average Bonchev–Trinajstić information content (AvgIpc) is 2.05. The molecule has 2 heterocycles. The minimum absolute atomic E-state index is 0.0187. The molecule has 15 heteroatoms. The highest BCUT2D eigenvalue weighted by Crippen LogP contribution is 2.49. The molecule has 394 valence electrons. The monoisotopic (exact) mass is 1110 g/mol. The Kier molecular flexibility index (Phi) is 12.9. The van der Waals surface area contributed by atoms with Gasteiger partial charge in [-0.1, -0.05) is 91.0 Å². The summed E-state index contributed by atoms with van der Waals surface area (Å²) >= 11 is 0. The molecule has 0 N–H and O–H groups in total. The van der Waals surface area contributed by atoms with Crippen molar-refractivity contribution in [2.24, 2.45) is 0 Å². The molecule has 12 rings (SSSR count). The maximum Gasteiger partial charge on any atom is 0.417 e. The predicted octanol–water partition coefficient (Wildman–Crippen LogP) is 18.0. The normalized spacial score (nSPS) is 10.8. The van der Waals surface area contributed by atoms with Crippen LogP contribution in [0.4, 0.5) is 30.2 Å². The number of hydrogen-bond donors (Lipinski definition) is 0. The molecule has 12 nitrogen and oxygen atoms in total. The smallest absolute Gasteiger partial charge is 0.308 e. The Hall–Kier alpha value is -13.5. The third-order valence-corrected chi connectivity index (χ3v) is 15.2. The van der Waals surface area contributed by atoms with Crippen molar-refractivity contribution >= 4 is 60.7 Å². The molecule has 86 heavy (non-hydrogen) atoms. The average molecular weight is 1110 g/mol. The lowest BCUT2D eigenvalue weighted by molar-refractivity contribution is -0.137. The van der Waals surface area contributed by atoms with Gasteiger partial charge in [-0.25, -0.2) is 14.5 Å². The number of benzene rings is 10. The Morgan fingerprint density at radius 3 is 1.08 bits per heavy atom. The molecule has 0 unspecified atom stereocenters. The summed E-state index contributed by atoms with van der Waals surface area (Å²) in [5.41, 5.74) is 4.98. The van der Waals surface area contributed by atoms with Crippen LogP contribution in [0.3, 0.4) is 0 Å². The van der Waals surface area contributed by atoms with Gasteiger partial charge in [0, 0.05) is 43.8 Å². The number of halogens is 3. The Bertz CT molecular complexity index is 4930. The van der Waals surface area contributed by atoms with E-state index in [0.717, 1.165) is 6.07 Å². The van der Waals surface area contributed by atoms with Crippen molar-refractivity contribution in [2.45, 2.75) is 6.18 Å². The van der Waals surface area contributed by atoms with Crippen molar-refractivity contribution in [1.82, 2.24) is 9.13 Å². The van der Waals surface area contributed by atoms with Crippen molar-refractivity contribution in [3.05, 3.63) is 255 Å². The van der Waals surface area contributed by atoms with Crippen molar-refractivity contribution in [3.63, 3.8) is 0 Å². The molecule has 0 fully saturated rings. The molecule has 0 aliphatic rings. The minimum Gasteiger partial charge on any atom is -0.308 e. The molecule has 0 saturated heterocycles. The fraction of sp³-hybridized carbons (Fsp3) is 0.0141. The van der Waals surface area contributed by atoms with Gasteiger partial charge in [0.1, 0.15) is 0 Å². The summed E-state index contributed by atoms with van der Waals surface area (Å²) in [5.74, 6) is 0. The van der Waals surface area contributed by atoms with E-state index in [0.29, 0.717) is 88.1 Å². The van der Waals surface area contributed by atoms with E-state index in [-0.39, 0.29) is 72.9 Å². The highest BCUT2D eigenvalue weighted by atomic mass is 19.4. The van der Waals surface area contributed by atoms with E-state index in [1.54, 1.807) is 106 Å². The Labute approximate surface area is 487 Å². The Morgan fingerprint density at radius 1 is 0.337 bits per heavy atom. The van der Waals surface area contributed by atoms with Gasteiger partial charge in [0.15, 0.2) is 17.1 Å². The van der Waals surface area contributed by atoms with Crippen LogP contribution in [0.5, 0.6) is 0 Å². The van der Waals surface area contributed by atoms with E-state index in [1.165, 1.54) is 48.5 Å². The number of aromatic nitrogens is 2. The van der Waals surface area contributed by atoms with Gasteiger partial charge < -0.3 is 9.13 Å². The third kappa shape index (κ3) is 8.73. The van der Waals surface area contributed by atoms with E-state index in [9.17, 15) is 36.8 Å². The summed E-state index contributed by atoms with van der Waals surface area (Å²) in [6.07, 6.45) is -5.11. The van der Waals surface area contributed by atoms with Gasteiger partial charge in [-0.15, -0.1) is 0 Å². The van der Waals surface area contributed by atoms with Crippen LogP contribution in [-0.2, 0) is 6.18 Å². The van der Waals surface area contributed by atoms with Crippen molar-refractivity contribution in [1.29, 1.82) is 36.8 Å². The first-order valence-electron chi connectivity index (χ1n) is 25.9. The van der Waals surface area contributed by atoms with Crippen molar-refractivity contribution in [3.8, 4) is 109 Å². The van der Waals surface area contributed by atoms with Crippen molar-refractivity contribution < 1.29 is 13.2 Å². The maximum absolute atomic E-state index is 16.3. The predicted molar refractivity (Wildman–Crippen MR) is 319 cm³/mol. The molecular formula is C71H29F3N12. The van der Waals surface area contributed by atoms with E-state index < -0.39 is 17.3 Å². The highest BCUT2D eigenvalue weighted by Gasteiger charge is 2.37. The fourth-order valence-corrected chi connectivity index (χ4v) is 11.4. The van der Waals surface area contributed by atoms with E-state index in [1.807, 2.05) is 30.3 Å². The van der Waals surface area contributed by atoms with Gasteiger partial charge in [0.2, 0.25) is 0 Å². The molecule has 0 radical (unpaired) electrons.